The van der Waals surface area contributed by atoms with Gasteiger partial charge in [-0.1, -0.05) is 0 Å². The average molecular weight is 217 g/mol. The average Bonchev–Trinajstić information content (AvgIpc) is 2.43. The van der Waals surface area contributed by atoms with Gasteiger partial charge in [-0.25, -0.2) is 0 Å². The minimum atomic E-state index is 0.0858. The van der Waals surface area contributed by atoms with E-state index in [1.807, 2.05) is 0 Å². The molecule has 0 amide bonds. The maximum Gasteiger partial charge on any atom is 0.134 e. The Morgan fingerprint density at radius 2 is 2.20 bits per heavy atom. The van der Waals surface area contributed by atoms with Gasteiger partial charge in [0.1, 0.15) is 6.23 Å². The number of rotatable bonds is 5. The molecule has 1 saturated heterocycles. The zero-order chi connectivity index (χ0) is 11.1. The van der Waals surface area contributed by atoms with Crippen LogP contribution in [0.25, 0.3) is 0 Å². The lowest BCUT2D eigenvalue weighted by Gasteiger charge is -2.32. The fourth-order valence-corrected chi connectivity index (χ4v) is 1.78. The Morgan fingerprint density at radius 3 is 2.87 bits per heavy atom. The number of ether oxygens (including phenoxy) is 3. The van der Waals surface area contributed by atoms with E-state index in [1.54, 1.807) is 7.11 Å². The zero-order valence-electron chi connectivity index (χ0n) is 10.1. The molecule has 4 nitrogen and oxygen atoms in total. The van der Waals surface area contributed by atoms with Crippen molar-refractivity contribution < 1.29 is 14.2 Å². The molecule has 90 valence electrons. The third kappa shape index (κ3) is 4.47. The Hall–Kier alpha value is -0.160. The molecule has 0 unspecified atom stereocenters. The topological polar surface area (TPSA) is 30.9 Å². The molecule has 0 aromatic carbocycles. The lowest BCUT2D eigenvalue weighted by molar-refractivity contribution is -0.105. The van der Waals surface area contributed by atoms with Crippen LogP contribution in [0.4, 0.5) is 0 Å². The first-order valence-electron chi connectivity index (χ1n) is 5.69. The van der Waals surface area contributed by atoms with Gasteiger partial charge in [-0.05, 0) is 20.3 Å². The van der Waals surface area contributed by atoms with Crippen molar-refractivity contribution >= 4 is 0 Å². The van der Waals surface area contributed by atoms with Crippen LogP contribution in [0.5, 0.6) is 0 Å². The highest BCUT2D eigenvalue weighted by atomic mass is 16.6. The molecule has 1 aliphatic rings. The molecule has 1 heterocycles. The Bertz CT molecular complexity index is 164. The summed E-state index contributed by atoms with van der Waals surface area (Å²) in [4.78, 5) is 2.35. The predicted octanol–water partition coefficient (Wildman–Crippen LogP) is 1.11. The second-order valence-corrected chi connectivity index (χ2v) is 4.08. The highest BCUT2D eigenvalue weighted by Crippen LogP contribution is 2.12. The van der Waals surface area contributed by atoms with Crippen LogP contribution in [0, 0.1) is 0 Å². The summed E-state index contributed by atoms with van der Waals surface area (Å²) in [5, 5.41) is 0. The first-order valence-corrected chi connectivity index (χ1v) is 5.69. The fourth-order valence-electron chi connectivity index (χ4n) is 1.78. The van der Waals surface area contributed by atoms with Crippen molar-refractivity contribution in [3.8, 4) is 0 Å². The molecule has 0 aromatic rings. The van der Waals surface area contributed by atoms with Gasteiger partial charge in [0.25, 0.3) is 0 Å². The summed E-state index contributed by atoms with van der Waals surface area (Å²) in [6, 6.07) is 0.499. The SMILES string of the molecule is COCCO[C@H]1COCCCN1C(C)C. The van der Waals surface area contributed by atoms with Crippen molar-refractivity contribution in [2.75, 3.05) is 40.1 Å². The van der Waals surface area contributed by atoms with Gasteiger partial charge in [0.2, 0.25) is 0 Å². The molecule has 15 heavy (non-hydrogen) atoms. The van der Waals surface area contributed by atoms with Crippen LogP contribution in [0.2, 0.25) is 0 Å². The van der Waals surface area contributed by atoms with Crippen molar-refractivity contribution in [1.29, 1.82) is 0 Å². The van der Waals surface area contributed by atoms with Crippen molar-refractivity contribution in [2.24, 2.45) is 0 Å². The van der Waals surface area contributed by atoms with Crippen LogP contribution in [0.3, 0.4) is 0 Å². The van der Waals surface area contributed by atoms with Gasteiger partial charge in [0, 0.05) is 26.3 Å². The van der Waals surface area contributed by atoms with Crippen molar-refractivity contribution in [1.82, 2.24) is 4.90 Å². The largest absolute Gasteiger partial charge is 0.382 e. The van der Waals surface area contributed by atoms with E-state index in [0.29, 0.717) is 25.9 Å². The second-order valence-electron chi connectivity index (χ2n) is 4.08. The molecule has 0 bridgehead atoms. The summed E-state index contributed by atoms with van der Waals surface area (Å²) in [5.74, 6) is 0. The van der Waals surface area contributed by atoms with E-state index in [4.69, 9.17) is 14.2 Å². The molecule has 0 spiro atoms. The van der Waals surface area contributed by atoms with Gasteiger partial charge >= 0.3 is 0 Å². The van der Waals surface area contributed by atoms with E-state index in [9.17, 15) is 0 Å². The molecule has 4 heteroatoms. The van der Waals surface area contributed by atoms with Crippen molar-refractivity contribution in [3.63, 3.8) is 0 Å². The lowest BCUT2D eigenvalue weighted by atomic mass is 10.3. The molecular weight excluding hydrogens is 194 g/mol. The van der Waals surface area contributed by atoms with E-state index in [1.165, 1.54) is 0 Å². The van der Waals surface area contributed by atoms with Crippen molar-refractivity contribution in [2.45, 2.75) is 32.5 Å². The van der Waals surface area contributed by atoms with Crippen molar-refractivity contribution in [3.05, 3.63) is 0 Å². The zero-order valence-corrected chi connectivity index (χ0v) is 10.1. The molecule has 1 atom stereocenters. The van der Waals surface area contributed by atoms with E-state index >= 15 is 0 Å². The van der Waals surface area contributed by atoms with Crippen LogP contribution in [0.1, 0.15) is 20.3 Å². The predicted molar refractivity (Wildman–Crippen MR) is 58.9 cm³/mol. The number of hydrogen-bond donors (Lipinski definition) is 0. The molecule has 1 aliphatic heterocycles. The minimum absolute atomic E-state index is 0.0858. The van der Waals surface area contributed by atoms with E-state index < -0.39 is 0 Å². The molecule has 0 radical (unpaired) electrons. The molecule has 1 fully saturated rings. The highest BCUT2D eigenvalue weighted by Gasteiger charge is 2.23. The van der Waals surface area contributed by atoms with Gasteiger partial charge in [-0.3, -0.25) is 4.90 Å². The Balaban J connectivity index is 2.39. The normalized spacial score (nSPS) is 24.4. The van der Waals surface area contributed by atoms with Gasteiger partial charge in [-0.15, -0.1) is 0 Å². The molecule has 1 rings (SSSR count). The molecule has 0 aliphatic carbocycles. The number of nitrogens with zero attached hydrogens (tertiary/aromatic N) is 1. The van der Waals surface area contributed by atoms with Crippen LogP contribution < -0.4 is 0 Å². The highest BCUT2D eigenvalue weighted by molar-refractivity contribution is 4.70. The van der Waals surface area contributed by atoms with Crippen LogP contribution >= 0.6 is 0 Å². The maximum atomic E-state index is 5.75. The summed E-state index contributed by atoms with van der Waals surface area (Å²) in [6.45, 7) is 8.22. The summed E-state index contributed by atoms with van der Waals surface area (Å²) in [6.07, 6.45) is 1.17. The third-order valence-corrected chi connectivity index (χ3v) is 2.60. The van der Waals surface area contributed by atoms with Gasteiger partial charge in [0.15, 0.2) is 0 Å². The van der Waals surface area contributed by atoms with E-state index in [0.717, 1.165) is 19.6 Å². The number of methoxy groups -OCH3 is 1. The quantitative estimate of drug-likeness (QED) is 0.645. The third-order valence-electron chi connectivity index (χ3n) is 2.60. The van der Waals surface area contributed by atoms with Gasteiger partial charge < -0.3 is 14.2 Å². The fraction of sp³-hybridized carbons (Fsp3) is 1.00. The van der Waals surface area contributed by atoms with Crippen LogP contribution in [-0.4, -0.2) is 57.3 Å². The molecular formula is C11H23NO3. The first kappa shape index (κ1) is 12.9. The lowest BCUT2D eigenvalue weighted by Crippen LogP contribution is -2.44. The molecule has 0 N–H and O–H groups in total. The monoisotopic (exact) mass is 217 g/mol. The molecule has 0 aromatic heterocycles. The first-order chi connectivity index (χ1) is 7.25. The Kier molecular flexibility index (Phi) is 6.17. The van der Waals surface area contributed by atoms with Gasteiger partial charge in [0.05, 0.1) is 19.8 Å². The summed E-state index contributed by atoms with van der Waals surface area (Å²) in [7, 11) is 1.69. The van der Waals surface area contributed by atoms with Gasteiger partial charge in [-0.2, -0.15) is 0 Å². The number of hydrogen-bond acceptors (Lipinski definition) is 4. The Labute approximate surface area is 92.5 Å². The second kappa shape index (κ2) is 7.17. The summed E-state index contributed by atoms with van der Waals surface area (Å²) < 4.78 is 16.2. The standard InChI is InChI=1S/C11H23NO3/c1-10(2)12-5-4-6-14-9-11(12)15-8-7-13-3/h10-11H,4-9H2,1-3H3/t11-/m0/s1. The van der Waals surface area contributed by atoms with Crippen LogP contribution in [-0.2, 0) is 14.2 Å². The van der Waals surface area contributed by atoms with E-state index in [-0.39, 0.29) is 6.23 Å². The maximum absolute atomic E-state index is 5.75. The van der Waals surface area contributed by atoms with Crippen LogP contribution in [0.15, 0.2) is 0 Å². The van der Waals surface area contributed by atoms with E-state index in [2.05, 4.69) is 18.7 Å². The summed E-state index contributed by atoms with van der Waals surface area (Å²) in [5.41, 5.74) is 0. The minimum Gasteiger partial charge on any atom is -0.382 e. The molecule has 0 saturated carbocycles. The smallest absolute Gasteiger partial charge is 0.134 e. The Morgan fingerprint density at radius 1 is 1.40 bits per heavy atom. The summed E-state index contributed by atoms with van der Waals surface area (Å²) >= 11 is 0.